The third kappa shape index (κ3) is 4.75. The van der Waals surface area contributed by atoms with Crippen LogP contribution in [0.2, 0.25) is 0 Å². The molecule has 2 aromatic heterocycles. The van der Waals surface area contributed by atoms with Crippen LogP contribution < -0.4 is 27.4 Å². The minimum Gasteiger partial charge on any atom is -0.368 e. The predicted octanol–water partition coefficient (Wildman–Crippen LogP) is 1.11. The number of H-pyrrole nitrogens is 1. The molecule has 0 atom stereocenters. The minimum atomic E-state index is -0.770. The molecule has 3 aromatic rings. The number of nitrogens with zero attached hydrogens (tertiary/aromatic N) is 4. The molecule has 3 heterocycles. The van der Waals surface area contributed by atoms with E-state index in [9.17, 15) is 14.0 Å². The summed E-state index contributed by atoms with van der Waals surface area (Å²) >= 11 is 0. The highest BCUT2D eigenvalue weighted by atomic mass is 19.1. The van der Waals surface area contributed by atoms with E-state index in [-0.39, 0.29) is 28.9 Å². The molecule has 8 N–H and O–H groups in total. The lowest BCUT2D eigenvalue weighted by Crippen LogP contribution is -2.37. The van der Waals surface area contributed by atoms with Gasteiger partial charge in [-0.3, -0.25) is 9.59 Å². The number of aromatic nitrogens is 4. The van der Waals surface area contributed by atoms with Crippen molar-refractivity contribution in [2.45, 2.75) is 12.8 Å². The van der Waals surface area contributed by atoms with E-state index in [0.717, 1.165) is 12.8 Å². The molecule has 0 spiro atoms. The quantitative estimate of drug-likeness (QED) is 0.368. The lowest BCUT2D eigenvalue weighted by atomic mass is 9.96. The largest absolute Gasteiger partial charge is 0.368 e. The maximum atomic E-state index is 14.7. The van der Waals surface area contributed by atoms with Gasteiger partial charge >= 0.3 is 0 Å². The fraction of sp³-hybridized carbons (Fsp3) is 0.286. The minimum absolute atomic E-state index is 0.0279. The summed E-state index contributed by atoms with van der Waals surface area (Å²) in [6.45, 7) is 1.90. The molecule has 172 valence electrons. The monoisotopic (exact) mass is 453 g/mol. The van der Waals surface area contributed by atoms with Gasteiger partial charge in [0.1, 0.15) is 17.2 Å². The third-order valence-corrected chi connectivity index (χ3v) is 5.55. The Labute approximate surface area is 188 Å². The standard InChI is InChI=1S/C21H24FN9O2/c22-12-2-1-3-13(17(12)31-6-4-11(9-23)5-7-31)28-20(33)19-26-10-16(27-19)14-8-15(18(24)32)30-21(25)29-14/h1-3,8,10-11H,4-7,9,23H2,(H2,24,32)(H,26,27)(H,28,33)(H2,25,29,30). The number of rotatable bonds is 6. The molecular formula is C21H24FN9O2. The van der Waals surface area contributed by atoms with Crippen LogP contribution in [0.3, 0.4) is 0 Å². The first kappa shape index (κ1) is 22.1. The molecule has 1 aliphatic rings. The van der Waals surface area contributed by atoms with E-state index < -0.39 is 17.6 Å². The number of benzene rings is 1. The van der Waals surface area contributed by atoms with Crippen molar-refractivity contribution in [3.05, 3.63) is 47.8 Å². The number of hydrogen-bond acceptors (Lipinski definition) is 8. The number of nitrogens with one attached hydrogen (secondary N) is 2. The smallest absolute Gasteiger partial charge is 0.291 e. The highest BCUT2D eigenvalue weighted by Crippen LogP contribution is 2.32. The van der Waals surface area contributed by atoms with Crippen molar-refractivity contribution >= 4 is 29.1 Å². The van der Waals surface area contributed by atoms with Crippen LogP contribution in [-0.2, 0) is 0 Å². The van der Waals surface area contributed by atoms with E-state index in [2.05, 4.69) is 25.3 Å². The van der Waals surface area contributed by atoms with Crippen molar-refractivity contribution in [1.29, 1.82) is 0 Å². The Bertz CT molecular complexity index is 1190. The molecule has 33 heavy (non-hydrogen) atoms. The summed E-state index contributed by atoms with van der Waals surface area (Å²) in [4.78, 5) is 40.9. The number of imidazole rings is 1. The van der Waals surface area contributed by atoms with Crippen LogP contribution in [0.25, 0.3) is 11.4 Å². The molecule has 0 aliphatic carbocycles. The highest BCUT2D eigenvalue weighted by molar-refractivity contribution is 6.04. The second kappa shape index (κ2) is 9.20. The van der Waals surface area contributed by atoms with Crippen LogP contribution in [-0.4, -0.2) is 51.4 Å². The van der Waals surface area contributed by atoms with Crippen LogP contribution in [0.5, 0.6) is 0 Å². The normalized spacial score (nSPS) is 14.3. The van der Waals surface area contributed by atoms with Crippen LogP contribution in [0, 0.1) is 11.7 Å². The molecule has 0 radical (unpaired) electrons. The number of hydrogen-bond donors (Lipinski definition) is 5. The van der Waals surface area contributed by atoms with Gasteiger partial charge in [0, 0.05) is 19.3 Å². The Morgan fingerprint density at radius 1 is 1.18 bits per heavy atom. The molecule has 2 amide bonds. The fourth-order valence-electron chi connectivity index (χ4n) is 3.80. The van der Waals surface area contributed by atoms with Crippen LogP contribution >= 0.6 is 0 Å². The van der Waals surface area contributed by atoms with E-state index >= 15 is 0 Å². The zero-order valence-corrected chi connectivity index (χ0v) is 17.7. The summed E-state index contributed by atoms with van der Waals surface area (Å²) in [7, 11) is 0. The van der Waals surface area contributed by atoms with Crippen molar-refractivity contribution in [3.8, 4) is 11.4 Å². The Kier molecular flexibility index (Phi) is 6.18. The number of nitrogens with two attached hydrogens (primary N) is 3. The van der Waals surface area contributed by atoms with Crippen molar-refractivity contribution in [1.82, 2.24) is 19.9 Å². The Morgan fingerprint density at radius 2 is 1.94 bits per heavy atom. The second-order valence-electron chi connectivity index (χ2n) is 7.75. The first-order valence-electron chi connectivity index (χ1n) is 10.4. The fourth-order valence-corrected chi connectivity index (χ4v) is 3.80. The summed E-state index contributed by atoms with van der Waals surface area (Å²) in [6, 6.07) is 5.86. The molecule has 1 fully saturated rings. The topological polar surface area (TPSA) is 182 Å². The van der Waals surface area contributed by atoms with Crippen molar-refractivity contribution in [3.63, 3.8) is 0 Å². The molecule has 12 heteroatoms. The summed E-state index contributed by atoms with van der Waals surface area (Å²) < 4.78 is 14.7. The number of anilines is 3. The van der Waals surface area contributed by atoms with E-state index in [4.69, 9.17) is 17.2 Å². The highest BCUT2D eigenvalue weighted by Gasteiger charge is 2.24. The molecule has 1 aliphatic heterocycles. The first-order chi connectivity index (χ1) is 15.9. The zero-order chi connectivity index (χ0) is 23.5. The number of amides is 2. The van der Waals surface area contributed by atoms with Gasteiger partial charge in [0.05, 0.1) is 17.1 Å². The number of aromatic amines is 1. The average Bonchev–Trinajstić information content (AvgIpc) is 3.30. The maximum absolute atomic E-state index is 14.7. The summed E-state index contributed by atoms with van der Waals surface area (Å²) in [5.74, 6) is -1.53. The Hall–Kier alpha value is -4.06. The van der Waals surface area contributed by atoms with Crippen LogP contribution in [0.1, 0.15) is 33.9 Å². The lowest BCUT2D eigenvalue weighted by molar-refractivity contribution is 0.0992. The molecule has 11 nitrogen and oxygen atoms in total. The lowest BCUT2D eigenvalue weighted by Gasteiger charge is -2.34. The van der Waals surface area contributed by atoms with Gasteiger partial charge < -0.3 is 32.4 Å². The van der Waals surface area contributed by atoms with Gasteiger partial charge in [-0.25, -0.2) is 19.3 Å². The van der Waals surface area contributed by atoms with E-state index in [1.165, 1.54) is 24.4 Å². The number of carbonyl (C=O) groups excluding carboxylic acids is 2. The maximum Gasteiger partial charge on any atom is 0.291 e. The van der Waals surface area contributed by atoms with E-state index in [1.54, 1.807) is 6.07 Å². The van der Waals surface area contributed by atoms with Gasteiger partial charge in [0.15, 0.2) is 5.82 Å². The number of halogens is 1. The summed E-state index contributed by atoms with van der Waals surface area (Å²) in [5, 5.41) is 2.73. The third-order valence-electron chi connectivity index (χ3n) is 5.55. The first-order valence-corrected chi connectivity index (χ1v) is 10.4. The number of carbonyl (C=O) groups is 2. The molecule has 0 unspecified atom stereocenters. The molecular weight excluding hydrogens is 429 g/mol. The molecule has 1 saturated heterocycles. The van der Waals surface area contributed by atoms with Gasteiger partial charge in [-0.05, 0) is 43.5 Å². The Balaban J connectivity index is 1.55. The van der Waals surface area contributed by atoms with Gasteiger partial charge in [-0.2, -0.15) is 0 Å². The van der Waals surface area contributed by atoms with Crippen molar-refractivity contribution in [2.24, 2.45) is 17.4 Å². The zero-order valence-electron chi connectivity index (χ0n) is 17.7. The molecule has 4 rings (SSSR count). The predicted molar refractivity (Wildman–Crippen MR) is 121 cm³/mol. The van der Waals surface area contributed by atoms with Crippen LogP contribution in [0.15, 0.2) is 30.5 Å². The average molecular weight is 453 g/mol. The summed E-state index contributed by atoms with van der Waals surface area (Å²) in [6.07, 6.45) is 3.15. The Morgan fingerprint density at radius 3 is 2.64 bits per heavy atom. The number of para-hydroxylation sites is 1. The molecule has 0 saturated carbocycles. The number of piperidine rings is 1. The van der Waals surface area contributed by atoms with Gasteiger partial charge in [-0.1, -0.05) is 6.07 Å². The van der Waals surface area contributed by atoms with Gasteiger partial charge in [-0.15, -0.1) is 0 Å². The van der Waals surface area contributed by atoms with E-state index in [0.29, 0.717) is 36.9 Å². The van der Waals surface area contributed by atoms with Gasteiger partial charge in [0.2, 0.25) is 5.95 Å². The van der Waals surface area contributed by atoms with Gasteiger partial charge in [0.25, 0.3) is 11.8 Å². The van der Waals surface area contributed by atoms with Crippen molar-refractivity contribution in [2.75, 3.05) is 35.6 Å². The number of primary amides is 1. The SMILES string of the molecule is NCC1CCN(c2c(F)cccc2NC(=O)c2nc(-c3cc(C(N)=O)nc(N)n3)c[nH]2)CC1. The second-order valence-corrected chi connectivity index (χ2v) is 7.75. The number of nitrogen functional groups attached to an aromatic ring is 1. The van der Waals surface area contributed by atoms with E-state index in [1.807, 2.05) is 4.90 Å². The van der Waals surface area contributed by atoms with Crippen molar-refractivity contribution < 1.29 is 14.0 Å². The summed E-state index contributed by atoms with van der Waals surface area (Å²) in [5.41, 5.74) is 17.7. The van der Waals surface area contributed by atoms with Crippen LogP contribution in [0.4, 0.5) is 21.7 Å². The molecule has 0 bridgehead atoms. The molecule has 1 aromatic carbocycles.